The topological polar surface area (TPSA) is 82.1 Å². The third kappa shape index (κ3) is 3.48. The fourth-order valence-electron chi connectivity index (χ4n) is 2.24. The number of rotatable bonds is 7. The van der Waals surface area contributed by atoms with Gasteiger partial charge in [-0.2, -0.15) is 5.10 Å². The Morgan fingerprint density at radius 2 is 2.24 bits per heavy atom. The first-order chi connectivity index (χ1) is 10.1. The summed E-state index contributed by atoms with van der Waals surface area (Å²) in [5, 5.41) is 4.96. The number of aryl methyl sites for hydroxylation is 1. The number of nitrogen functional groups attached to an aromatic ring is 1. The van der Waals surface area contributed by atoms with Crippen molar-refractivity contribution < 1.29 is 4.74 Å². The van der Waals surface area contributed by atoms with Gasteiger partial charge in [0.2, 0.25) is 0 Å². The van der Waals surface area contributed by atoms with Gasteiger partial charge in [0.1, 0.15) is 11.6 Å². The molecule has 2 aromatic rings. The van der Waals surface area contributed by atoms with E-state index in [1.807, 2.05) is 14.1 Å². The summed E-state index contributed by atoms with van der Waals surface area (Å²) >= 11 is 0. The molecular formula is C14H22N6O. The lowest BCUT2D eigenvalue weighted by Crippen LogP contribution is -2.24. The predicted octanol–water partition coefficient (Wildman–Crippen LogP) is 0.804. The Hall–Kier alpha value is -1.73. The fourth-order valence-corrected chi connectivity index (χ4v) is 2.24. The van der Waals surface area contributed by atoms with Crippen LogP contribution in [0.4, 0.5) is 5.82 Å². The second-order valence-electron chi connectivity index (χ2n) is 5.79. The van der Waals surface area contributed by atoms with Crippen molar-refractivity contribution in [1.29, 1.82) is 0 Å². The maximum absolute atomic E-state index is 5.96. The minimum atomic E-state index is 0.487. The summed E-state index contributed by atoms with van der Waals surface area (Å²) in [4.78, 5) is 11.0. The number of nitrogens with zero attached hydrogens (tertiary/aromatic N) is 5. The van der Waals surface area contributed by atoms with E-state index in [1.54, 1.807) is 10.9 Å². The average molecular weight is 290 g/mol. The van der Waals surface area contributed by atoms with E-state index in [4.69, 9.17) is 10.5 Å². The zero-order valence-electron chi connectivity index (χ0n) is 12.6. The summed E-state index contributed by atoms with van der Waals surface area (Å²) in [5.74, 6) is 2.01. The third-order valence-corrected chi connectivity index (χ3v) is 3.75. The summed E-state index contributed by atoms with van der Waals surface area (Å²) < 4.78 is 7.36. The molecule has 0 aromatic carbocycles. The largest absolute Gasteiger partial charge is 0.383 e. The molecule has 1 saturated carbocycles. The van der Waals surface area contributed by atoms with Gasteiger partial charge >= 0.3 is 0 Å². The van der Waals surface area contributed by atoms with Gasteiger partial charge in [-0.1, -0.05) is 0 Å². The number of likely N-dealkylation sites (N-methyl/N-ethyl adjacent to an activating group) is 1. The van der Waals surface area contributed by atoms with E-state index in [0.29, 0.717) is 18.2 Å². The van der Waals surface area contributed by atoms with E-state index < -0.39 is 0 Å². The highest BCUT2D eigenvalue weighted by Crippen LogP contribution is 2.28. The van der Waals surface area contributed by atoms with Crippen molar-refractivity contribution in [1.82, 2.24) is 24.6 Å². The van der Waals surface area contributed by atoms with Crippen LogP contribution in [0.15, 0.2) is 6.20 Å². The molecule has 2 N–H and O–H groups in total. The number of hydrogen-bond acceptors (Lipinski definition) is 6. The molecule has 3 rings (SSSR count). The first-order valence-corrected chi connectivity index (χ1v) is 7.34. The number of anilines is 1. The maximum Gasteiger partial charge on any atom is 0.163 e. The zero-order chi connectivity index (χ0) is 14.8. The van der Waals surface area contributed by atoms with E-state index >= 15 is 0 Å². The summed E-state index contributed by atoms with van der Waals surface area (Å²) in [6.45, 7) is 3.16. The number of nitrogens with two attached hydrogens (primary N) is 1. The normalized spacial score (nSPS) is 15.2. The van der Waals surface area contributed by atoms with Crippen molar-refractivity contribution in [3.05, 3.63) is 12.0 Å². The highest BCUT2D eigenvalue weighted by atomic mass is 16.5. The van der Waals surface area contributed by atoms with Crippen LogP contribution in [0.25, 0.3) is 11.0 Å². The van der Waals surface area contributed by atoms with Crippen molar-refractivity contribution in [3.8, 4) is 0 Å². The van der Waals surface area contributed by atoms with Gasteiger partial charge in [0.25, 0.3) is 0 Å². The molecule has 0 amide bonds. The molecule has 1 aliphatic carbocycles. The summed E-state index contributed by atoms with van der Waals surface area (Å²) in [7, 11) is 3.89. The molecule has 0 bridgehead atoms. The molecule has 21 heavy (non-hydrogen) atoms. The van der Waals surface area contributed by atoms with E-state index in [9.17, 15) is 0 Å². The minimum Gasteiger partial charge on any atom is -0.383 e. The molecule has 0 saturated heterocycles. The Balaban J connectivity index is 1.56. The molecular weight excluding hydrogens is 268 g/mol. The predicted molar refractivity (Wildman–Crippen MR) is 80.6 cm³/mol. The van der Waals surface area contributed by atoms with Crippen LogP contribution in [0.2, 0.25) is 0 Å². The Labute approximate surface area is 124 Å². The zero-order valence-corrected chi connectivity index (χ0v) is 12.6. The molecule has 0 atom stereocenters. The van der Waals surface area contributed by atoms with Gasteiger partial charge in [-0.15, -0.1) is 0 Å². The number of aromatic nitrogens is 4. The van der Waals surface area contributed by atoms with Crippen molar-refractivity contribution in [2.45, 2.75) is 19.4 Å². The van der Waals surface area contributed by atoms with Crippen LogP contribution in [-0.2, 0) is 18.3 Å². The Kier molecular flexibility index (Phi) is 4.03. The first kappa shape index (κ1) is 14.2. The number of ether oxygens (including phenoxy) is 1. The molecule has 7 nitrogen and oxygen atoms in total. The summed E-state index contributed by atoms with van der Waals surface area (Å²) in [6.07, 6.45) is 4.35. The molecule has 1 fully saturated rings. The molecule has 7 heteroatoms. The van der Waals surface area contributed by atoms with Crippen LogP contribution >= 0.6 is 0 Å². The number of hydrogen-bond donors (Lipinski definition) is 1. The smallest absolute Gasteiger partial charge is 0.163 e. The van der Waals surface area contributed by atoms with Crippen LogP contribution in [0.3, 0.4) is 0 Å². The Morgan fingerprint density at radius 1 is 1.43 bits per heavy atom. The third-order valence-electron chi connectivity index (χ3n) is 3.75. The lowest BCUT2D eigenvalue weighted by Gasteiger charge is -2.16. The Bertz CT molecular complexity index is 621. The quantitative estimate of drug-likeness (QED) is 0.760. The number of fused-ring (bicyclic) bond motifs is 1. The fraction of sp³-hybridized carbons (Fsp3) is 0.643. The van der Waals surface area contributed by atoms with Crippen molar-refractivity contribution in [2.24, 2.45) is 13.0 Å². The van der Waals surface area contributed by atoms with Gasteiger partial charge in [0.15, 0.2) is 5.65 Å². The minimum absolute atomic E-state index is 0.487. The van der Waals surface area contributed by atoms with Gasteiger partial charge in [-0.3, -0.25) is 9.58 Å². The molecule has 2 heterocycles. The molecule has 114 valence electrons. The highest BCUT2D eigenvalue weighted by molar-refractivity contribution is 5.84. The van der Waals surface area contributed by atoms with Crippen LogP contribution < -0.4 is 5.73 Å². The summed E-state index contributed by atoms with van der Waals surface area (Å²) in [5.41, 5.74) is 6.73. The van der Waals surface area contributed by atoms with E-state index in [-0.39, 0.29) is 0 Å². The van der Waals surface area contributed by atoms with Crippen LogP contribution in [-0.4, -0.2) is 51.5 Å². The first-order valence-electron chi connectivity index (χ1n) is 7.34. The lowest BCUT2D eigenvalue weighted by atomic mass is 10.4. The average Bonchev–Trinajstić information content (AvgIpc) is 3.19. The Morgan fingerprint density at radius 3 is 3.00 bits per heavy atom. The van der Waals surface area contributed by atoms with Crippen LogP contribution in [0.1, 0.15) is 18.7 Å². The van der Waals surface area contributed by atoms with Gasteiger partial charge < -0.3 is 10.5 Å². The van der Waals surface area contributed by atoms with Gasteiger partial charge in [0, 0.05) is 20.2 Å². The van der Waals surface area contributed by atoms with E-state index in [1.165, 1.54) is 12.8 Å². The highest BCUT2D eigenvalue weighted by Gasteiger charge is 2.21. The molecule has 1 aliphatic rings. The van der Waals surface area contributed by atoms with E-state index in [2.05, 4.69) is 20.0 Å². The molecule has 0 radical (unpaired) electrons. The second-order valence-corrected chi connectivity index (χ2v) is 5.79. The van der Waals surface area contributed by atoms with Gasteiger partial charge in [-0.25, -0.2) is 9.97 Å². The van der Waals surface area contributed by atoms with Crippen LogP contribution in [0, 0.1) is 5.92 Å². The van der Waals surface area contributed by atoms with Gasteiger partial charge in [0.05, 0.1) is 24.7 Å². The van der Waals surface area contributed by atoms with Crippen LogP contribution in [0.5, 0.6) is 0 Å². The summed E-state index contributed by atoms with van der Waals surface area (Å²) in [6, 6.07) is 0. The SMILES string of the molecule is CN(CCOCC1CC1)Cc1nc(N)c2cnn(C)c2n1. The van der Waals surface area contributed by atoms with Crippen molar-refractivity contribution in [2.75, 3.05) is 32.5 Å². The van der Waals surface area contributed by atoms with Gasteiger partial charge in [-0.05, 0) is 25.8 Å². The van der Waals surface area contributed by atoms with Crippen molar-refractivity contribution >= 4 is 16.9 Å². The molecule has 0 unspecified atom stereocenters. The molecule has 0 spiro atoms. The molecule has 0 aliphatic heterocycles. The lowest BCUT2D eigenvalue weighted by molar-refractivity contribution is 0.101. The molecule has 2 aromatic heterocycles. The van der Waals surface area contributed by atoms with Crippen molar-refractivity contribution in [3.63, 3.8) is 0 Å². The van der Waals surface area contributed by atoms with E-state index in [0.717, 1.165) is 36.7 Å². The standard InChI is InChI=1S/C14H22N6O/c1-19(5-6-21-9-10-3-4-10)8-12-17-13(15)11-7-16-20(2)14(11)18-12/h7,10H,3-6,8-9H2,1-2H3,(H2,15,17,18). The maximum atomic E-state index is 5.96. The monoisotopic (exact) mass is 290 g/mol. The second kappa shape index (κ2) is 5.95.